The molecule has 0 aliphatic heterocycles. The van der Waals surface area contributed by atoms with Crippen molar-refractivity contribution >= 4 is 35.7 Å². The van der Waals surface area contributed by atoms with Crippen LogP contribution < -0.4 is 0 Å². The second-order valence-corrected chi connectivity index (χ2v) is 1.08. The summed E-state index contributed by atoms with van der Waals surface area (Å²) in [6.45, 7) is 0. The molecule has 0 atom stereocenters. The first kappa shape index (κ1) is 12.2. The summed E-state index contributed by atoms with van der Waals surface area (Å²) >= 11 is 0. The largest absolute Gasteiger partial charge is 0.473 e. The fraction of sp³-hybridized carbons (Fsp3) is 0. The van der Waals surface area contributed by atoms with Crippen LogP contribution in [0.2, 0.25) is 0 Å². The van der Waals surface area contributed by atoms with Crippen molar-refractivity contribution in [1.82, 2.24) is 0 Å². The molecule has 0 spiro atoms. The average Bonchev–Trinajstić information content (AvgIpc) is 2.11. The molecule has 2 N–H and O–H groups in total. The minimum atomic E-state index is -1.83. The predicted molar refractivity (Wildman–Crippen MR) is 36.5 cm³/mol. The monoisotopic (exact) mass is 154 g/mol. The number of rotatable bonds is 0. The molecule has 1 heterocycles. The fourth-order valence-electron chi connectivity index (χ4n) is 0.227. The van der Waals surface area contributed by atoms with Crippen molar-refractivity contribution in [2.24, 2.45) is 0 Å². The molecule has 0 amide bonds. The van der Waals surface area contributed by atoms with Gasteiger partial charge in [-0.25, -0.2) is 4.79 Å². The maximum atomic E-state index is 8.56. The summed E-state index contributed by atoms with van der Waals surface area (Å²) < 4.78 is 4.58. The summed E-state index contributed by atoms with van der Waals surface area (Å²) in [6, 6.07) is 3.67. The fourth-order valence-corrected chi connectivity index (χ4v) is 0.227. The van der Waals surface area contributed by atoms with Crippen LogP contribution in [-0.4, -0.2) is 45.9 Å². The Bertz CT molecular complexity index is 127. The van der Waals surface area contributed by atoms with Crippen molar-refractivity contribution in [2.45, 2.75) is 0 Å². The topological polar surface area (TPSA) is 70.7 Å². The minimum Gasteiger partial charge on any atom is -0.473 e. The maximum Gasteiger partial charge on any atom is 0.0902 e. The van der Waals surface area contributed by atoms with Gasteiger partial charge in [0.2, 0.25) is 0 Å². The van der Waals surface area contributed by atoms with Crippen LogP contribution in [0.15, 0.2) is 29.1 Å². The minimum absolute atomic E-state index is 0. The number of hydrogen-bond donors (Lipinski definition) is 2. The molecular weight excluding hydrogens is 147 g/mol. The van der Waals surface area contributed by atoms with Crippen LogP contribution in [0.3, 0.4) is 0 Å². The Labute approximate surface area is 79.8 Å². The third-order valence-corrected chi connectivity index (χ3v) is 0.425. The van der Waals surface area contributed by atoms with Gasteiger partial charge in [-0.1, -0.05) is 0 Å². The first-order valence-electron chi connectivity index (χ1n) is 2.12. The van der Waals surface area contributed by atoms with Gasteiger partial charge in [0.25, 0.3) is 0 Å². The summed E-state index contributed by atoms with van der Waals surface area (Å²) in [5, 5.41) is 13.9. The van der Waals surface area contributed by atoms with E-state index in [-0.39, 0.29) is 29.6 Å². The second kappa shape index (κ2) is 8.55. The van der Waals surface area contributed by atoms with E-state index in [9.17, 15) is 0 Å². The van der Waals surface area contributed by atoms with Gasteiger partial charge in [0.05, 0.1) is 12.5 Å². The molecule has 0 aromatic carbocycles. The Morgan fingerprint density at radius 2 is 1.50 bits per heavy atom. The zero-order valence-corrected chi connectivity index (χ0v) is 4.52. The first-order valence-corrected chi connectivity index (χ1v) is 2.12. The zero-order valence-electron chi connectivity index (χ0n) is 4.52. The predicted octanol–water partition coefficient (Wildman–Crippen LogP) is 0.853. The molecule has 0 bridgehead atoms. The molecule has 4 nitrogen and oxygen atoms in total. The molecule has 1 aromatic heterocycles. The molecule has 0 aliphatic carbocycles. The third-order valence-electron chi connectivity index (χ3n) is 0.425. The van der Waals surface area contributed by atoms with Gasteiger partial charge in [0, 0.05) is 0 Å². The van der Waals surface area contributed by atoms with Gasteiger partial charge in [-0.3, -0.25) is 0 Å². The van der Waals surface area contributed by atoms with Crippen molar-refractivity contribution in [1.29, 1.82) is 0 Å². The number of carbonyl (C=O) groups is 1. The van der Waals surface area contributed by atoms with Gasteiger partial charge in [0.15, 0.2) is 0 Å². The van der Waals surface area contributed by atoms with Crippen LogP contribution >= 0.6 is 0 Å². The maximum absolute atomic E-state index is 8.56. The molecule has 10 heavy (non-hydrogen) atoms. The van der Waals surface area contributed by atoms with E-state index in [1.165, 1.54) is 0 Å². The quantitative estimate of drug-likeness (QED) is 0.543. The standard InChI is InChI=1S/C4H4O.CH2O3.Na.H/c1-2-4-5-3-1;2-1(3)4;;/h1-4H;(H2,2,3,4);;. The SMILES string of the molecule is O=C(O)O.[NaH].c1ccoc1. The van der Waals surface area contributed by atoms with E-state index in [0.717, 1.165) is 0 Å². The number of carboxylic acid groups (broad SMARTS) is 2. The van der Waals surface area contributed by atoms with E-state index in [1.54, 1.807) is 12.5 Å². The molecular formula is C5H7NaO4. The van der Waals surface area contributed by atoms with Crippen LogP contribution in [0.4, 0.5) is 4.79 Å². The molecule has 5 heteroatoms. The molecule has 0 aliphatic rings. The van der Waals surface area contributed by atoms with Crippen LogP contribution in [0.25, 0.3) is 0 Å². The van der Waals surface area contributed by atoms with E-state index in [2.05, 4.69) is 4.42 Å². The van der Waals surface area contributed by atoms with Gasteiger partial charge in [-0.05, 0) is 12.1 Å². The van der Waals surface area contributed by atoms with Gasteiger partial charge < -0.3 is 14.6 Å². The van der Waals surface area contributed by atoms with Crippen molar-refractivity contribution in [2.75, 3.05) is 0 Å². The molecule has 0 saturated heterocycles. The summed E-state index contributed by atoms with van der Waals surface area (Å²) in [5.74, 6) is 0. The van der Waals surface area contributed by atoms with E-state index < -0.39 is 6.16 Å². The van der Waals surface area contributed by atoms with E-state index >= 15 is 0 Å². The van der Waals surface area contributed by atoms with E-state index in [4.69, 9.17) is 15.0 Å². The Hall–Kier alpha value is -0.450. The molecule has 0 unspecified atom stereocenters. The smallest absolute Gasteiger partial charge is 0.0902 e. The molecule has 52 valence electrons. The van der Waals surface area contributed by atoms with Gasteiger partial charge in [-0.2, -0.15) is 0 Å². The molecule has 1 aromatic rings. The zero-order chi connectivity index (χ0) is 7.11. The van der Waals surface area contributed by atoms with Crippen LogP contribution in [-0.2, 0) is 0 Å². The Kier molecular flexibility index (Phi) is 10.5. The summed E-state index contributed by atoms with van der Waals surface area (Å²) in [7, 11) is 0. The van der Waals surface area contributed by atoms with E-state index in [0.29, 0.717) is 0 Å². The summed E-state index contributed by atoms with van der Waals surface area (Å²) in [5.41, 5.74) is 0. The molecule has 0 saturated carbocycles. The van der Waals surface area contributed by atoms with Gasteiger partial charge in [-0.15, -0.1) is 0 Å². The number of furan rings is 1. The second-order valence-electron chi connectivity index (χ2n) is 1.08. The summed E-state index contributed by atoms with van der Waals surface area (Å²) in [6.07, 6.45) is 1.42. The average molecular weight is 154 g/mol. The van der Waals surface area contributed by atoms with E-state index in [1.807, 2.05) is 12.1 Å². The normalized spacial score (nSPS) is 6.40. The molecule has 0 radical (unpaired) electrons. The summed E-state index contributed by atoms with van der Waals surface area (Å²) in [4.78, 5) is 8.56. The van der Waals surface area contributed by atoms with Crippen molar-refractivity contribution in [3.8, 4) is 0 Å². The third kappa shape index (κ3) is 15.6. The number of hydrogen-bond acceptors (Lipinski definition) is 2. The van der Waals surface area contributed by atoms with Crippen LogP contribution in [0.5, 0.6) is 0 Å². The van der Waals surface area contributed by atoms with Crippen LogP contribution in [0, 0.1) is 0 Å². The Balaban J connectivity index is 0. The van der Waals surface area contributed by atoms with Crippen LogP contribution in [0.1, 0.15) is 0 Å². The van der Waals surface area contributed by atoms with Gasteiger partial charge >= 0.3 is 35.7 Å². The Morgan fingerprint density at radius 1 is 1.20 bits per heavy atom. The first-order chi connectivity index (χ1) is 4.23. The van der Waals surface area contributed by atoms with Crippen molar-refractivity contribution in [3.05, 3.63) is 24.7 Å². The van der Waals surface area contributed by atoms with Crippen molar-refractivity contribution < 1.29 is 19.4 Å². The Morgan fingerprint density at radius 3 is 1.60 bits per heavy atom. The molecule has 0 fully saturated rings. The molecule has 1 rings (SSSR count). The van der Waals surface area contributed by atoms with Crippen molar-refractivity contribution in [3.63, 3.8) is 0 Å². The van der Waals surface area contributed by atoms with Gasteiger partial charge in [0.1, 0.15) is 0 Å².